The molecule has 0 bridgehead atoms. The Morgan fingerprint density at radius 3 is 2.52 bits per heavy atom. The number of rotatable bonds is 6. The van der Waals surface area contributed by atoms with Crippen LogP contribution in [0.1, 0.15) is 18.9 Å². The summed E-state index contributed by atoms with van der Waals surface area (Å²) in [6.45, 7) is 3.86. The van der Waals surface area contributed by atoms with Gasteiger partial charge in [0.2, 0.25) is 5.91 Å². The first-order valence-corrected chi connectivity index (χ1v) is 12.9. The highest BCUT2D eigenvalue weighted by atomic mass is 32.2. The molecule has 1 saturated heterocycles. The van der Waals surface area contributed by atoms with Crippen molar-refractivity contribution in [2.75, 3.05) is 11.5 Å². The molecule has 1 aromatic heterocycles. The molecule has 0 aliphatic carbocycles. The molecule has 1 fully saturated rings. The summed E-state index contributed by atoms with van der Waals surface area (Å²) in [6.07, 6.45) is 2.30. The second-order valence-electron chi connectivity index (χ2n) is 7.83. The van der Waals surface area contributed by atoms with E-state index in [1.807, 2.05) is 62.5 Å². The van der Waals surface area contributed by atoms with Gasteiger partial charge in [0.1, 0.15) is 0 Å². The summed E-state index contributed by atoms with van der Waals surface area (Å²) in [5.41, 5.74) is 4.12. The van der Waals surface area contributed by atoms with Crippen molar-refractivity contribution >= 4 is 27.5 Å². The Bertz CT molecular complexity index is 1170. The van der Waals surface area contributed by atoms with Gasteiger partial charge in [-0.05, 0) is 32.4 Å². The van der Waals surface area contributed by atoms with Gasteiger partial charge in [-0.15, -0.1) is 0 Å². The number of imidazole rings is 1. The second kappa shape index (κ2) is 8.88. The predicted molar refractivity (Wildman–Crippen MR) is 124 cm³/mol. The Kier molecular flexibility index (Phi) is 6.20. The zero-order valence-corrected chi connectivity index (χ0v) is 19.1. The maximum Gasteiger partial charge on any atom is 0.233 e. The Balaban J connectivity index is 1.60. The number of nitrogens with zero attached hydrogens (tertiary/aromatic N) is 2. The number of amides is 1. The normalized spacial score (nSPS) is 18.6. The van der Waals surface area contributed by atoms with Gasteiger partial charge in [-0.25, -0.2) is 13.4 Å². The predicted octanol–water partition coefficient (Wildman–Crippen LogP) is 3.63. The highest BCUT2D eigenvalue weighted by Crippen LogP contribution is 2.32. The Morgan fingerprint density at radius 2 is 1.87 bits per heavy atom. The molecule has 4 rings (SSSR count). The number of thioether (sulfide) groups is 1. The largest absolute Gasteiger partial charge is 0.351 e. The summed E-state index contributed by atoms with van der Waals surface area (Å²) in [5, 5.41) is 3.18. The average molecular weight is 456 g/mol. The first-order valence-electron chi connectivity index (χ1n) is 10.2. The van der Waals surface area contributed by atoms with E-state index in [0.29, 0.717) is 11.6 Å². The van der Waals surface area contributed by atoms with E-state index in [9.17, 15) is 13.2 Å². The Labute approximate surface area is 187 Å². The molecule has 1 aliphatic rings. The maximum absolute atomic E-state index is 12.7. The summed E-state index contributed by atoms with van der Waals surface area (Å²) < 4.78 is 25.4. The van der Waals surface area contributed by atoms with E-state index in [2.05, 4.69) is 27.0 Å². The SMILES string of the molecule is Cc1ccc(-n2c(-c3ccccc3)cnc2SC(C)C(=O)NC2CCS(=O)(=O)C2)cc1. The highest BCUT2D eigenvalue weighted by molar-refractivity contribution is 8.00. The molecule has 2 atom stereocenters. The van der Waals surface area contributed by atoms with Gasteiger partial charge in [-0.2, -0.15) is 0 Å². The van der Waals surface area contributed by atoms with Crippen molar-refractivity contribution in [3.05, 3.63) is 66.4 Å². The molecule has 2 heterocycles. The summed E-state index contributed by atoms with van der Waals surface area (Å²) in [5.74, 6) is -0.0175. The fourth-order valence-electron chi connectivity index (χ4n) is 3.61. The van der Waals surface area contributed by atoms with Crippen LogP contribution in [0.4, 0.5) is 0 Å². The summed E-state index contributed by atoms with van der Waals surface area (Å²) >= 11 is 1.37. The molecule has 6 nitrogen and oxygen atoms in total. The van der Waals surface area contributed by atoms with Crippen LogP contribution in [-0.2, 0) is 14.6 Å². The topological polar surface area (TPSA) is 81.1 Å². The lowest BCUT2D eigenvalue weighted by molar-refractivity contribution is -0.120. The van der Waals surface area contributed by atoms with Gasteiger partial charge in [-0.3, -0.25) is 9.36 Å². The number of nitrogens with one attached hydrogen (secondary N) is 1. The van der Waals surface area contributed by atoms with Crippen LogP contribution >= 0.6 is 11.8 Å². The van der Waals surface area contributed by atoms with E-state index < -0.39 is 15.1 Å². The van der Waals surface area contributed by atoms with Gasteiger partial charge in [0.05, 0.1) is 28.6 Å². The van der Waals surface area contributed by atoms with Crippen LogP contribution in [0, 0.1) is 6.92 Å². The second-order valence-corrected chi connectivity index (χ2v) is 11.4. The Hall–Kier alpha value is -2.58. The third kappa shape index (κ3) is 5.02. The highest BCUT2D eigenvalue weighted by Gasteiger charge is 2.30. The van der Waals surface area contributed by atoms with Crippen molar-refractivity contribution in [2.24, 2.45) is 0 Å². The number of benzene rings is 2. The number of carbonyl (C=O) groups is 1. The van der Waals surface area contributed by atoms with Crippen molar-refractivity contribution in [3.8, 4) is 16.9 Å². The van der Waals surface area contributed by atoms with Crippen molar-refractivity contribution in [1.82, 2.24) is 14.9 Å². The van der Waals surface area contributed by atoms with Gasteiger partial charge in [0.15, 0.2) is 15.0 Å². The molecule has 162 valence electrons. The lowest BCUT2D eigenvalue weighted by atomic mass is 10.1. The van der Waals surface area contributed by atoms with Crippen molar-refractivity contribution in [2.45, 2.75) is 36.7 Å². The third-order valence-electron chi connectivity index (χ3n) is 5.32. The molecular formula is C23H25N3O3S2. The van der Waals surface area contributed by atoms with Gasteiger partial charge in [0.25, 0.3) is 0 Å². The van der Waals surface area contributed by atoms with Gasteiger partial charge in [-0.1, -0.05) is 59.8 Å². The molecule has 0 spiro atoms. The first-order chi connectivity index (χ1) is 14.8. The first kappa shape index (κ1) is 21.6. The molecule has 31 heavy (non-hydrogen) atoms. The van der Waals surface area contributed by atoms with Crippen molar-refractivity contribution in [1.29, 1.82) is 0 Å². The smallest absolute Gasteiger partial charge is 0.233 e. The minimum atomic E-state index is -3.04. The average Bonchev–Trinajstić information content (AvgIpc) is 3.31. The Morgan fingerprint density at radius 1 is 1.16 bits per heavy atom. The minimum absolute atomic E-state index is 0.0201. The fraction of sp³-hybridized carbons (Fsp3) is 0.304. The van der Waals surface area contributed by atoms with Gasteiger partial charge in [0, 0.05) is 17.3 Å². The van der Waals surface area contributed by atoms with Crippen molar-refractivity contribution < 1.29 is 13.2 Å². The fourth-order valence-corrected chi connectivity index (χ4v) is 6.20. The molecular weight excluding hydrogens is 430 g/mol. The number of carbonyl (C=O) groups excluding carboxylic acids is 1. The van der Waals surface area contributed by atoms with Crippen LogP contribution in [0.25, 0.3) is 16.9 Å². The molecule has 1 amide bonds. The number of hydrogen-bond acceptors (Lipinski definition) is 5. The quantitative estimate of drug-likeness (QED) is 0.574. The molecule has 1 N–H and O–H groups in total. The standard InChI is InChI=1S/C23H25N3O3S2/c1-16-8-10-20(11-9-16)26-21(18-6-4-3-5-7-18)14-24-23(26)30-17(2)22(27)25-19-12-13-31(28,29)15-19/h3-11,14,17,19H,12-13,15H2,1-2H3,(H,25,27). The zero-order chi connectivity index (χ0) is 22.0. The lowest BCUT2D eigenvalue weighted by Crippen LogP contribution is -2.40. The summed E-state index contributed by atoms with van der Waals surface area (Å²) in [4.78, 5) is 17.3. The van der Waals surface area contributed by atoms with Crippen LogP contribution in [0.5, 0.6) is 0 Å². The van der Waals surface area contributed by atoms with Crippen LogP contribution < -0.4 is 5.32 Å². The summed E-state index contributed by atoms with van der Waals surface area (Å²) in [6, 6.07) is 17.9. The molecule has 0 saturated carbocycles. The lowest BCUT2D eigenvalue weighted by Gasteiger charge is -2.17. The molecule has 8 heteroatoms. The van der Waals surface area contributed by atoms with Crippen LogP contribution in [-0.4, -0.2) is 46.7 Å². The number of aryl methyl sites for hydroxylation is 1. The molecule has 1 aliphatic heterocycles. The van der Waals surface area contributed by atoms with Crippen LogP contribution in [0.15, 0.2) is 66.0 Å². The molecule has 2 aromatic carbocycles. The van der Waals surface area contributed by atoms with Crippen LogP contribution in [0.3, 0.4) is 0 Å². The third-order valence-corrected chi connectivity index (χ3v) is 8.16. The van der Waals surface area contributed by atoms with E-state index in [-0.39, 0.29) is 23.5 Å². The van der Waals surface area contributed by atoms with E-state index in [1.165, 1.54) is 17.3 Å². The molecule has 2 unspecified atom stereocenters. The van der Waals surface area contributed by atoms with Crippen LogP contribution in [0.2, 0.25) is 0 Å². The molecule has 3 aromatic rings. The zero-order valence-electron chi connectivity index (χ0n) is 17.5. The van der Waals surface area contributed by atoms with E-state index in [4.69, 9.17) is 0 Å². The van der Waals surface area contributed by atoms with E-state index in [0.717, 1.165) is 16.9 Å². The number of sulfone groups is 1. The monoisotopic (exact) mass is 455 g/mol. The molecule has 0 radical (unpaired) electrons. The van der Waals surface area contributed by atoms with Gasteiger partial charge < -0.3 is 5.32 Å². The van der Waals surface area contributed by atoms with Crippen molar-refractivity contribution in [3.63, 3.8) is 0 Å². The minimum Gasteiger partial charge on any atom is -0.351 e. The number of hydrogen-bond donors (Lipinski definition) is 1. The van der Waals surface area contributed by atoms with E-state index >= 15 is 0 Å². The van der Waals surface area contributed by atoms with Gasteiger partial charge >= 0.3 is 0 Å². The maximum atomic E-state index is 12.7. The summed E-state index contributed by atoms with van der Waals surface area (Å²) in [7, 11) is -3.04. The van der Waals surface area contributed by atoms with E-state index in [1.54, 1.807) is 0 Å². The number of aromatic nitrogens is 2.